The monoisotopic (exact) mass is 438 g/mol. The van der Waals surface area contributed by atoms with Crippen molar-refractivity contribution < 1.29 is 14.5 Å². The van der Waals surface area contributed by atoms with Gasteiger partial charge in [-0.05, 0) is 82.2 Å². The lowest BCUT2D eigenvalue weighted by Gasteiger charge is -2.25. The Balaban J connectivity index is 2.11. The minimum Gasteiger partial charge on any atom is -0.444 e. The lowest BCUT2D eigenvalue weighted by atomic mass is 9.87. The molecule has 8 heteroatoms. The van der Waals surface area contributed by atoms with Gasteiger partial charge >= 0.3 is 6.09 Å². The minimum absolute atomic E-state index is 0.0460. The third-order valence-corrected chi connectivity index (χ3v) is 5.28. The molecule has 1 aromatic carbocycles. The standard InChI is InChI=1S/C24H30N4O4/c1-5-8-20(27-23(29)32-24(2,3)4)21-14-18(16-9-6-7-10-19(16)26-21)17-12-11-15(25)13-22(17)28(30)31/h5,11-14,20H,1,6-10,25H2,2-4H3,(H,27,29)/t20-/m0/s1. The number of benzene rings is 1. The van der Waals surface area contributed by atoms with Gasteiger partial charge in [0.2, 0.25) is 0 Å². The summed E-state index contributed by atoms with van der Waals surface area (Å²) in [5.74, 6) is 0. The van der Waals surface area contributed by atoms with Crippen LogP contribution in [0.25, 0.3) is 11.1 Å². The van der Waals surface area contributed by atoms with E-state index < -0.39 is 22.7 Å². The van der Waals surface area contributed by atoms with Crippen molar-refractivity contribution in [2.45, 2.75) is 64.5 Å². The largest absolute Gasteiger partial charge is 0.444 e. The Morgan fingerprint density at radius 1 is 1.31 bits per heavy atom. The van der Waals surface area contributed by atoms with Crippen molar-refractivity contribution in [3.63, 3.8) is 0 Å². The number of carbonyl (C=O) groups excluding carboxylic acids is 1. The van der Waals surface area contributed by atoms with E-state index in [2.05, 4.69) is 11.9 Å². The van der Waals surface area contributed by atoms with E-state index in [0.29, 0.717) is 23.4 Å². The van der Waals surface area contributed by atoms with E-state index in [4.69, 9.17) is 15.5 Å². The zero-order chi connectivity index (χ0) is 23.5. The number of aryl methyl sites for hydroxylation is 1. The van der Waals surface area contributed by atoms with Crippen LogP contribution < -0.4 is 11.1 Å². The van der Waals surface area contributed by atoms with Gasteiger partial charge in [-0.2, -0.15) is 0 Å². The fourth-order valence-electron chi connectivity index (χ4n) is 3.94. The highest BCUT2D eigenvalue weighted by Gasteiger charge is 2.26. The molecule has 1 aromatic heterocycles. The first-order valence-electron chi connectivity index (χ1n) is 10.8. The molecule has 3 N–H and O–H groups in total. The maximum atomic E-state index is 12.4. The van der Waals surface area contributed by atoms with Crippen LogP contribution in [0.2, 0.25) is 0 Å². The number of nitro benzene ring substituents is 1. The molecule has 8 nitrogen and oxygen atoms in total. The van der Waals surface area contributed by atoms with Crippen molar-refractivity contribution in [2.24, 2.45) is 0 Å². The Morgan fingerprint density at radius 2 is 2.03 bits per heavy atom. The first-order valence-corrected chi connectivity index (χ1v) is 10.8. The highest BCUT2D eigenvalue weighted by molar-refractivity contribution is 5.79. The first-order chi connectivity index (χ1) is 15.1. The van der Waals surface area contributed by atoms with E-state index >= 15 is 0 Å². The number of carbonyl (C=O) groups is 1. The van der Waals surface area contributed by atoms with Gasteiger partial charge in [0, 0.05) is 17.4 Å². The number of amides is 1. The lowest BCUT2D eigenvalue weighted by Crippen LogP contribution is -2.35. The fourth-order valence-corrected chi connectivity index (χ4v) is 3.94. The molecule has 1 aliphatic carbocycles. The Kier molecular flexibility index (Phi) is 6.81. The molecule has 1 heterocycles. The number of hydrogen-bond donors (Lipinski definition) is 2. The minimum atomic E-state index is -0.637. The third-order valence-electron chi connectivity index (χ3n) is 5.28. The van der Waals surface area contributed by atoms with Gasteiger partial charge in [0.1, 0.15) is 5.60 Å². The Hall–Kier alpha value is -3.42. The quantitative estimate of drug-likeness (QED) is 0.275. The van der Waals surface area contributed by atoms with Crippen molar-refractivity contribution in [1.29, 1.82) is 0 Å². The third kappa shape index (κ3) is 5.43. The maximum Gasteiger partial charge on any atom is 0.408 e. The molecule has 1 aliphatic rings. The smallest absolute Gasteiger partial charge is 0.408 e. The van der Waals surface area contributed by atoms with Gasteiger partial charge in [0.05, 0.1) is 22.2 Å². The van der Waals surface area contributed by atoms with Crippen LogP contribution in [0.5, 0.6) is 0 Å². The molecule has 0 saturated carbocycles. The molecule has 0 aliphatic heterocycles. The van der Waals surface area contributed by atoms with Gasteiger partial charge in [0.15, 0.2) is 0 Å². The van der Waals surface area contributed by atoms with Crippen LogP contribution in [-0.4, -0.2) is 21.6 Å². The molecule has 1 atom stereocenters. The highest BCUT2D eigenvalue weighted by atomic mass is 16.6. The first kappa shape index (κ1) is 23.2. The molecular weight excluding hydrogens is 408 g/mol. The summed E-state index contributed by atoms with van der Waals surface area (Å²) in [6.07, 6.45) is 5.16. The molecule has 1 amide bonds. The van der Waals surface area contributed by atoms with Crippen molar-refractivity contribution in [3.05, 3.63) is 64.0 Å². The molecule has 0 radical (unpaired) electrons. The summed E-state index contributed by atoms with van der Waals surface area (Å²) in [5.41, 5.74) is 9.28. The second kappa shape index (κ2) is 9.38. The number of nitrogens with one attached hydrogen (secondary N) is 1. The second-order valence-corrected chi connectivity index (χ2v) is 8.98. The number of anilines is 1. The second-order valence-electron chi connectivity index (χ2n) is 8.98. The number of aromatic nitrogens is 1. The van der Waals surface area contributed by atoms with Gasteiger partial charge in [-0.15, -0.1) is 6.58 Å². The molecule has 0 bridgehead atoms. The van der Waals surface area contributed by atoms with Gasteiger partial charge in [-0.3, -0.25) is 15.1 Å². The van der Waals surface area contributed by atoms with Gasteiger partial charge in [-0.1, -0.05) is 6.08 Å². The maximum absolute atomic E-state index is 12.4. The van der Waals surface area contributed by atoms with Crippen LogP contribution >= 0.6 is 0 Å². The number of pyridine rings is 1. The summed E-state index contributed by atoms with van der Waals surface area (Å²) < 4.78 is 5.41. The van der Waals surface area contributed by atoms with Gasteiger partial charge < -0.3 is 15.8 Å². The molecule has 32 heavy (non-hydrogen) atoms. The average Bonchev–Trinajstić information content (AvgIpc) is 2.71. The number of ether oxygens (including phenoxy) is 1. The molecule has 3 rings (SSSR count). The summed E-state index contributed by atoms with van der Waals surface area (Å²) in [4.78, 5) is 28.6. The molecular formula is C24H30N4O4. The number of fused-ring (bicyclic) bond motifs is 1. The van der Waals surface area contributed by atoms with Crippen LogP contribution in [-0.2, 0) is 17.6 Å². The Bertz CT molecular complexity index is 1040. The van der Waals surface area contributed by atoms with Gasteiger partial charge in [-0.25, -0.2) is 4.79 Å². The molecule has 170 valence electrons. The summed E-state index contributed by atoms with van der Waals surface area (Å²) in [6.45, 7) is 9.19. The topological polar surface area (TPSA) is 120 Å². The van der Waals surface area contributed by atoms with Gasteiger partial charge in [0.25, 0.3) is 5.69 Å². The van der Waals surface area contributed by atoms with Crippen LogP contribution in [0.15, 0.2) is 36.9 Å². The van der Waals surface area contributed by atoms with Crippen molar-refractivity contribution in [2.75, 3.05) is 5.73 Å². The van der Waals surface area contributed by atoms with Crippen LogP contribution in [0.4, 0.5) is 16.2 Å². The molecule has 0 fully saturated rings. The predicted molar refractivity (Wildman–Crippen MR) is 124 cm³/mol. The van der Waals surface area contributed by atoms with Crippen molar-refractivity contribution >= 4 is 17.5 Å². The predicted octanol–water partition coefficient (Wildman–Crippen LogP) is 5.26. The molecule has 0 spiro atoms. The Labute approximate surface area is 188 Å². The molecule has 0 unspecified atom stereocenters. The number of nitrogens with two attached hydrogens (primary N) is 1. The number of alkyl carbamates (subject to hydrolysis) is 1. The Morgan fingerprint density at radius 3 is 2.69 bits per heavy atom. The van der Waals surface area contributed by atoms with E-state index in [1.807, 2.05) is 6.07 Å². The summed E-state index contributed by atoms with van der Waals surface area (Å²) in [5, 5.41) is 14.6. The average molecular weight is 439 g/mol. The zero-order valence-corrected chi connectivity index (χ0v) is 18.8. The number of rotatable bonds is 6. The van der Waals surface area contributed by atoms with Crippen molar-refractivity contribution in [1.82, 2.24) is 10.3 Å². The van der Waals surface area contributed by atoms with Crippen LogP contribution in [0, 0.1) is 10.1 Å². The molecule has 0 saturated heterocycles. The molecule has 2 aromatic rings. The SMILES string of the molecule is C=CC[C@H](NC(=O)OC(C)(C)C)c1cc(-c2ccc(N)cc2[N+](=O)[O-])c2c(n1)CCCC2. The summed E-state index contributed by atoms with van der Waals surface area (Å²) >= 11 is 0. The summed E-state index contributed by atoms with van der Waals surface area (Å²) in [6, 6.07) is 6.10. The fraction of sp³-hybridized carbons (Fsp3) is 0.417. The van der Waals surface area contributed by atoms with E-state index in [1.165, 1.54) is 6.07 Å². The lowest BCUT2D eigenvalue weighted by molar-refractivity contribution is -0.384. The normalized spacial score (nSPS) is 14.2. The number of nitro groups is 1. The number of hydrogen-bond acceptors (Lipinski definition) is 6. The van der Waals surface area contributed by atoms with Crippen LogP contribution in [0.1, 0.15) is 63.0 Å². The van der Waals surface area contributed by atoms with E-state index in [9.17, 15) is 14.9 Å². The zero-order valence-electron chi connectivity index (χ0n) is 18.8. The number of nitrogens with zero attached hydrogens (tertiary/aromatic N) is 2. The highest BCUT2D eigenvalue weighted by Crippen LogP contribution is 2.38. The summed E-state index contributed by atoms with van der Waals surface area (Å²) in [7, 11) is 0. The van der Waals surface area contributed by atoms with E-state index in [1.54, 1.807) is 39.0 Å². The van der Waals surface area contributed by atoms with Crippen molar-refractivity contribution in [3.8, 4) is 11.1 Å². The van der Waals surface area contributed by atoms with E-state index in [0.717, 1.165) is 42.5 Å². The van der Waals surface area contributed by atoms with E-state index in [-0.39, 0.29) is 5.69 Å². The number of nitrogen functional groups attached to an aromatic ring is 1. The van der Waals surface area contributed by atoms with Crippen LogP contribution in [0.3, 0.4) is 0 Å².